The molecule has 0 saturated carbocycles. The molecule has 6 nitrogen and oxygen atoms in total. The lowest BCUT2D eigenvalue weighted by Gasteiger charge is -2.29. The summed E-state index contributed by atoms with van der Waals surface area (Å²) in [7, 11) is -2.10. The van der Waals surface area contributed by atoms with Gasteiger partial charge in [0.25, 0.3) is 5.91 Å². The Bertz CT molecular complexity index is 953. The molecule has 1 aliphatic heterocycles. The molecule has 1 saturated heterocycles. The normalized spacial score (nSPS) is 16.0. The van der Waals surface area contributed by atoms with E-state index in [1.54, 1.807) is 31.4 Å². The van der Waals surface area contributed by atoms with Crippen molar-refractivity contribution in [3.63, 3.8) is 0 Å². The zero-order valence-corrected chi connectivity index (χ0v) is 17.4. The molecule has 2 aromatic carbocycles. The van der Waals surface area contributed by atoms with E-state index in [0.717, 1.165) is 12.8 Å². The lowest BCUT2D eigenvalue weighted by atomic mass is 10.0. The molecule has 0 atom stereocenters. The van der Waals surface area contributed by atoms with Crippen molar-refractivity contribution in [1.29, 1.82) is 0 Å². The molecular formula is C20H23ClN2O4S. The highest BCUT2D eigenvalue weighted by molar-refractivity contribution is 7.89. The van der Waals surface area contributed by atoms with Crippen LogP contribution in [0.4, 0.5) is 5.69 Å². The molecule has 8 heteroatoms. The Morgan fingerprint density at radius 3 is 2.39 bits per heavy atom. The maximum Gasteiger partial charge on any atom is 0.257 e. The smallest absolute Gasteiger partial charge is 0.257 e. The lowest BCUT2D eigenvalue weighted by molar-refractivity contribution is 0.102. The summed E-state index contributed by atoms with van der Waals surface area (Å²) in [5.74, 6) is 0.710. The van der Waals surface area contributed by atoms with Crippen molar-refractivity contribution >= 4 is 33.2 Å². The molecule has 0 aromatic heterocycles. The number of methoxy groups -OCH3 is 1. The van der Waals surface area contributed by atoms with Crippen molar-refractivity contribution in [1.82, 2.24) is 4.31 Å². The van der Waals surface area contributed by atoms with Crippen molar-refractivity contribution in [3.05, 3.63) is 53.1 Å². The number of rotatable bonds is 5. The molecule has 0 aliphatic carbocycles. The third-order valence-electron chi connectivity index (χ3n) is 4.91. The molecule has 0 radical (unpaired) electrons. The minimum Gasteiger partial charge on any atom is -0.497 e. The lowest BCUT2D eigenvalue weighted by Crippen LogP contribution is -2.37. The molecule has 1 aliphatic rings. The van der Waals surface area contributed by atoms with Crippen LogP contribution in [-0.2, 0) is 10.0 Å². The third-order valence-corrected chi connectivity index (χ3v) is 7.13. The number of carbonyl (C=O) groups is 1. The first kappa shape index (κ1) is 20.6. The van der Waals surface area contributed by atoms with Gasteiger partial charge in [0.15, 0.2) is 0 Å². The first-order valence-electron chi connectivity index (χ1n) is 9.06. The summed E-state index contributed by atoms with van der Waals surface area (Å²) in [5, 5.41) is 2.92. The van der Waals surface area contributed by atoms with Crippen LogP contribution in [0, 0.1) is 5.92 Å². The van der Waals surface area contributed by atoms with Crippen LogP contribution >= 0.6 is 11.6 Å². The number of ether oxygens (including phenoxy) is 1. The van der Waals surface area contributed by atoms with Gasteiger partial charge in [0.05, 0.1) is 22.6 Å². The van der Waals surface area contributed by atoms with Crippen LogP contribution in [0.25, 0.3) is 0 Å². The van der Waals surface area contributed by atoms with E-state index in [1.165, 1.54) is 22.5 Å². The van der Waals surface area contributed by atoms with Gasteiger partial charge in [-0.2, -0.15) is 4.31 Å². The Hall–Kier alpha value is -2.09. The van der Waals surface area contributed by atoms with Gasteiger partial charge in [-0.15, -0.1) is 0 Å². The highest BCUT2D eigenvalue weighted by Crippen LogP contribution is 2.27. The average Bonchev–Trinajstić information content (AvgIpc) is 2.69. The monoisotopic (exact) mass is 422 g/mol. The van der Waals surface area contributed by atoms with Gasteiger partial charge in [0.1, 0.15) is 5.75 Å². The van der Waals surface area contributed by atoms with Crippen molar-refractivity contribution < 1.29 is 17.9 Å². The summed E-state index contributed by atoms with van der Waals surface area (Å²) in [6.07, 6.45) is 1.66. The van der Waals surface area contributed by atoms with Gasteiger partial charge < -0.3 is 10.1 Å². The molecule has 28 heavy (non-hydrogen) atoms. The van der Waals surface area contributed by atoms with Crippen LogP contribution in [0.1, 0.15) is 30.1 Å². The van der Waals surface area contributed by atoms with E-state index in [9.17, 15) is 13.2 Å². The van der Waals surface area contributed by atoms with Crippen LogP contribution in [0.15, 0.2) is 47.4 Å². The zero-order chi connectivity index (χ0) is 20.3. The number of sulfonamides is 1. The molecule has 0 unspecified atom stereocenters. The minimum atomic E-state index is -3.66. The van der Waals surface area contributed by atoms with E-state index in [0.29, 0.717) is 30.4 Å². The van der Waals surface area contributed by atoms with Crippen molar-refractivity contribution in [2.45, 2.75) is 24.7 Å². The maximum atomic E-state index is 12.9. The second-order valence-corrected chi connectivity index (χ2v) is 9.26. The molecule has 0 spiro atoms. The van der Waals surface area contributed by atoms with Gasteiger partial charge in [-0.25, -0.2) is 8.42 Å². The molecule has 2 aromatic rings. The number of hydrogen-bond acceptors (Lipinski definition) is 4. The number of amides is 1. The fourth-order valence-corrected chi connectivity index (χ4v) is 4.79. The second kappa shape index (κ2) is 8.51. The number of hydrogen-bond donors (Lipinski definition) is 1. The minimum absolute atomic E-state index is 0.0753. The largest absolute Gasteiger partial charge is 0.497 e. The predicted molar refractivity (Wildman–Crippen MR) is 110 cm³/mol. The molecule has 3 rings (SSSR count). The van der Waals surface area contributed by atoms with Crippen LogP contribution in [0.3, 0.4) is 0 Å². The van der Waals surface area contributed by atoms with Crippen LogP contribution in [0.5, 0.6) is 5.75 Å². The van der Waals surface area contributed by atoms with Gasteiger partial charge in [-0.1, -0.05) is 18.5 Å². The quantitative estimate of drug-likeness (QED) is 0.789. The second-order valence-electron chi connectivity index (χ2n) is 6.91. The highest BCUT2D eigenvalue weighted by Gasteiger charge is 2.29. The Morgan fingerprint density at radius 1 is 1.14 bits per heavy atom. The number of nitrogens with zero attached hydrogens (tertiary/aromatic N) is 1. The molecule has 1 N–H and O–H groups in total. The van der Waals surface area contributed by atoms with Crippen molar-refractivity contribution in [2.24, 2.45) is 5.92 Å². The fraction of sp³-hybridized carbons (Fsp3) is 0.350. The SMILES string of the molecule is COc1ccc(NC(=O)c2cc(S(=O)(=O)N3CCC(C)CC3)ccc2Cl)cc1. The third kappa shape index (κ3) is 4.48. The zero-order valence-electron chi connectivity index (χ0n) is 15.8. The van der Waals surface area contributed by atoms with Crippen LogP contribution < -0.4 is 10.1 Å². The van der Waals surface area contributed by atoms with Gasteiger partial charge in [-0.05, 0) is 61.2 Å². The molecular weight excluding hydrogens is 400 g/mol. The Labute approximate surface area is 170 Å². The summed E-state index contributed by atoms with van der Waals surface area (Å²) in [4.78, 5) is 12.7. The molecule has 1 amide bonds. The Balaban J connectivity index is 1.83. The fourth-order valence-electron chi connectivity index (χ4n) is 3.09. The van der Waals surface area contributed by atoms with E-state index in [1.807, 2.05) is 0 Å². The molecule has 1 fully saturated rings. The van der Waals surface area contributed by atoms with E-state index in [-0.39, 0.29) is 15.5 Å². The summed E-state index contributed by atoms with van der Waals surface area (Å²) >= 11 is 6.17. The standard InChI is InChI=1S/C20H23ClN2O4S/c1-14-9-11-23(12-10-14)28(25,26)17-7-8-19(21)18(13-17)20(24)22-15-3-5-16(27-2)6-4-15/h3-8,13-14H,9-12H2,1-2H3,(H,22,24). The van der Waals surface area contributed by atoms with Crippen molar-refractivity contribution in [3.8, 4) is 5.75 Å². The number of benzene rings is 2. The summed E-state index contributed by atoms with van der Waals surface area (Å²) in [6, 6.07) is 11.1. The van der Waals surface area contributed by atoms with E-state index >= 15 is 0 Å². The Kier molecular flexibility index (Phi) is 6.27. The van der Waals surface area contributed by atoms with Crippen LogP contribution in [0.2, 0.25) is 5.02 Å². The summed E-state index contributed by atoms with van der Waals surface area (Å²) < 4.78 is 32.5. The Morgan fingerprint density at radius 2 is 1.79 bits per heavy atom. The molecule has 0 bridgehead atoms. The van der Waals surface area contributed by atoms with Gasteiger partial charge in [0.2, 0.25) is 10.0 Å². The summed E-state index contributed by atoms with van der Waals surface area (Å²) in [5.41, 5.74) is 0.670. The van der Waals surface area contributed by atoms with E-state index in [4.69, 9.17) is 16.3 Å². The van der Waals surface area contributed by atoms with Gasteiger partial charge in [-0.3, -0.25) is 4.79 Å². The van der Waals surface area contributed by atoms with Crippen LogP contribution in [-0.4, -0.2) is 38.8 Å². The first-order chi connectivity index (χ1) is 13.3. The van der Waals surface area contributed by atoms with Gasteiger partial charge >= 0.3 is 0 Å². The number of carbonyl (C=O) groups excluding carboxylic acids is 1. The molecule has 1 heterocycles. The van der Waals surface area contributed by atoms with E-state index in [2.05, 4.69) is 12.2 Å². The molecule has 150 valence electrons. The van der Waals surface area contributed by atoms with E-state index < -0.39 is 15.9 Å². The maximum absolute atomic E-state index is 12.9. The number of anilines is 1. The van der Waals surface area contributed by atoms with Gasteiger partial charge in [0, 0.05) is 18.8 Å². The van der Waals surface area contributed by atoms with Crippen molar-refractivity contribution in [2.75, 3.05) is 25.5 Å². The first-order valence-corrected chi connectivity index (χ1v) is 10.9. The number of piperidine rings is 1. The highest BCUT2D eigenvalue weighted by atomic mass is 35.5. The predicted octanol–water partition coefficient (Wildman–Crippen LogP) is 4.02. The number of halogens is 1. The average molecular weight is 423 g/mol. The topological polar surface area (TPSA) is 75.7 Å². The number of nitrogens with one attached hydrogen (secondary N) is 1. The summed E-state index contributed by atoms with van der Waals surface area (Å²) in [6.45, 7) is 3.09.